The predicted octanol–water partition coefficient (Wildman–Crippen LogP) is 1.46. The van der Waals surface area contributed by atoms with Crippen LogP contribution in [0.15, 0.2) is 36.5 Å². The van der Waals surface area contributed by atoms with E-state index in [0.717, 1.165) is 0 Å². The van der Waals surface area contributed by atoms with E-state index in [1.54, 1.807) is 43.6 Å². The van der Waals surface area contributed by atoms with Crippen LogP contribution in [0.3, 0.4) is 0 Å². The standard InChI is InChI=1S/C13H13N3O3/c1-16-11(6-7-14-16)12(17)15-10-5-3-4-9(8-10)13(18)19-2/h3-8H,1-2H3,(H,15,17). The summed E-state index contributed by atoms with van der Waals surface area (Å²) >= 11 is 0. The number of rotatable bonds is 3. The van der Waals surface area contributed by atoms with Crippen LogP contribution in [0.2, 0.25) is 0 Å². The lowest BCUT2D eigenvalue weighted by Gasteiger charge is -2.06. The zero-order chi connectivity index (χ0) is 13.8. The molecule has 1 aromatic heterocycles. The maximum Gasteiger partial charge on any atom is 0.337 e. The van der Waals surface area contributed by atoms with Gasteiger partial charge in [-0.3, -0.25) is 9.48 Å². The van der Waals surface area contributed by atoms with Gasteiger partial charge < -0.3 is 10.1 Å². The molecule has 6 heteroatoms. The minimum absolute atomic E-state index is 0.290. The molecule has 1 aromatic carbocycles. The van der Waals surface area contributed by atoms with E-state index >= 15 is 0 Å². The lowest BCUT2D eigenvalue weighted by Crippen LogP contribution is -2.16. The van der Waals surface area contributed by atoms with E-state index in [1.165, 1.54) is 11.8 Å². The van der Waals surface area contributed by atoms with E-state index < -0.39 is 5.97 Å². The second-order valence-corrected chi connectivity index (χ2v) is 3.87. The summed E-state index contributed by atoms with van der Waals surface area (Å²) in [7, 11) is 2.99. The van der Waals surface area contributed by atoms with E-state index in [0.29, 0.717) is 16.9 Å². The van der Waals surface area contributed by atoms with Crippen molar-refractivity contribution in [1.82, 2.24) is 9.78 Å². The van der Waals surface area contributed by atoms with Crippen LogP contribution in [0.4, 0.5) is 5.69 Å². The third kappa shape index (κ3) is 2.79. The van der Waals surface area contributed by atoms with E-state index in [1.807, 2.05) is 0 Å². The van der Waals surface area contributed by atoms with Crippen LogP contribution < -0.4 is 5.32 Å². The van der Waals surface area contributed by atoms with Gasteiger partial charge in [0.15, 0.2) is 0 Å². The van der Waals surface area contributed by atoms with Gasteiger partial charge in [0.05, 0.1) is 12.7 Å². The minimum atomic E-state index is -0.448. The molecule has 2 rings (SSSR count). The van der Waals surface area contributed by atoms with Gasteiger partial charge in [-0.25, -0.2) is 4.79 Å². The summed E-state index contributed by atoms with van der Waals surface area (Å²) in [5.41, 5.74) is 1.34. The second-order valence-electron chi connectivity index (χ2n) is 3.87. The van der Waals surface area contributed by atoms with E-state index in [-0.39, 0.29) is 5.91 Å². The summed E-state index contributed by atoms with van der Waals surface area (Å²) in [5.74, 6) is -0.737. The Kier molecular flexibility index (Phi) is 3.61. The summed E-state index contributed by atoms with van der Waals surface area (Å²) in [6.45, 7) is 0. The summed E-state index contributed by atoms with van der Waals surface area (Å²) in [6.07, 6.45) is 1.54. The number of carbonyl (C=O) groups is 2. The molecule has 1 amide bonds. The van der Waals surface area contributed by atoms with Gasteiger partial charge in [0.1, 0.15) is 5.69 Å². The van der Waals surface area contributed by atoms with Gasteiger partial charge in [0.25, 0.3) is 5.91 Å². The summed E-state index contributed by atoms with van der Waals surface area (Å²) < 4.78 is 6.09. The summed E-state index contributed by atoms with van der Waals surface area (Å²) in [6, 6.07) is 8.15. The number of carbonyl (C=O) groups excluding carboxylic acids is 2. The molecule has 98 valence electrons. The third-order valence-electron chi connectivity index (χ3n) is 2.60. The van der Waals surface area contributed by atoms with Crippen LogP contribution in [-0.4, -0.2) is 28.8 Å². The Balaban J connectivity index is 2.18. The van der Waals surface area contributed by atoms with Gasteiger partial charge in [-0.15, -0.1) is 0 Å². The molecule has 1 heterocycles. The molecule has 0 aliphatic rings. The van der Waals surface area contributed by atoms with Crippen LogP contribution in [0.5, 0.6) is 0 Å². The molecule has 0 unspecified atom stereocenters. The molecule has 0 spiro atoms. The first-order chi connectivity index (χ1) is 9.11. The Morgan fingerprint density at radius 2 is 2.11 bits per heavy atom. The molecule has 0 aliphatic heterocycles. The maximum absolute atomic E-state index is 12.0. The Morgan fingerprint density at radius 3 is 2.74 bits per heavy atom. The highest BCUT2D eigenvalue weighted by atomic mass is 16.5. The topological polar surface area (TPSA) is 73.2 Å². The fourth-order valence-corrected chi connectivity index (χ4v) is 1.63. The number of aromatic nitrogens is 2. The van der Waals surface area contributed by atoms with Gasteiger partial charge in [-0.05, 0) is 24.3 Å². The molecular formula is C13H13N3O3. The van der Waals surface area contributed by atoms with Crippen molar-refractivity contribution in [2.45, 2.75) is 0 Å². The number of ether oxygens (including phenoxy) is 1. The zero-order valence-corrected chi connectivity index (χ0v) is 10.6. The Labute approximate surface area is 110 Å². The first-order valence-corrected chi connectivity index (χ1v) is 5.59. The highest BCUT2D eigenvalue weighted by Crippen LogP contribution is 2.12. The van der Waals surface area contributed by atoms with Crippen LogP contribution in [0.1, 0.15) is 20.8 Å². The smallest absolute Gasteiger partial charge is 0.337 e. The van der Waals surface area contributed by atoms with E-state index in [4.69, 9.17) is 0 Å². The summed E-state index contributed by atoms with van der Waals surface area (Å²) in [5, 5.41) is 6.62. The molecule has 1 N–H and O–H groups in total. The number of esters is 1. The highest BCUT2D eigenvalue weighted by molar-refractivity contribution is 6.03. The van der Waals surface area contributed by atoms with Gasteiger partial charge in [0, 0.05) is 18.9 Å². The number of benzene rings is 1. The summed E-state index contributed by atoms with van der Waals surface area (Å²) in [4.78, 5) is 23.3. The van der Waals surface area contributed by atoms with Crippen molar-refractivity contribution in [3.05, 3.63) is 47.8 Å². The fourth-order valence-electron chi connectivity index (χ4n) is 1.63. The van der Waals surface area contributed by atoms with Crippen molar-refractivity contribution in [3.8, 4) is 0 Å². The first kappa shape index (κ1) is 12.8. The number of hydrogen-bond acceptors (Lipinski definition) is 4. The molecule has 0 fully saturated rings. The monoisotopic (exact) mass is 259 g/mol. The number of aryl methyl sites for hydroxylation is 1. The number of anilines is 1. The molecule has 0 saturated heterocycles. The van der Waals surface area contributed by atoms with Crippen LogP contribution in [-0.2, 0) is 11.8 Å². The molecule has 2 aromatic rings. The molecule has 0 aliphatic carbocycles. The van der Waals surface area contributed by atoms with E-state index in [9.17, 15) is 9.59 Å². The van der Waals surface area contributed by atoms with Crippen molar-refractivity contribution >= 4 is 17.6 Å². The van der Waals surface area contributed by atoms with Crippen molar-refractivity contribution in [2.75, 3.05) is 12.4 Å². The quantitative estimate of drug-likeness (QED) is 0.847. The maximum atomic E-state index is 12.0. The Hall–Kier alpha value is -2.63. The second kappa shape index (κ2) is 5.34. The van der Waals surface area contributed by atoms with Crippen LogP contribution in [0.25, 0.3) is 0 Å². The van der Waals surface area contributed by atoms with Crippen molar-refractivity contribution < 1.29 is 14.3 Å². The molecule has 0 radical (unpaired) electrons. The lowest BCUT2D eigenvalue weighted by atomic mass is 10.2. The molecule has 0 atom stereocenters. The SMILES string of the molecule is COC(=O)c1cccc(NC(=O)c2ccnn2C)c1. The van der Waals surface area contributed by atoms with Gasteiger partial charge in [0.2, 0.25) is 0 Å². The number of nitrogens with one attached hydrogen (secondary N) is 1. The lowest BCUT2D eigenvalue weighted by molar-refractivity contribution is 0.0600. The van der Waals surface area contributed by atoms with Crippen LogP contribution >= 0.6 is 0 Å². The van der Waals surface area contributed by atoms with Gasteiger partial charge >= 0.3 is 5.97 Å². The van der Waals surface area contributed by atoms with Gasteiger partial charge in [-0.2, -0.15) is 5.10 Å². The van der Waals surface area contributed by atoms with Gasteiger partial charge in [-0.1, -0.05) is 6.07 Å². The predicted molar refractivity (Wildman–Crippen MR) is 68.9 cm³/mol. The Morgan fingerprint density at radius 1 is 1.32 bits per heavy atom. The molecular weight excluding hydrogens is 246 g/mol. The average Bonchev–Trinajstić information content (AvgIpc) is 2.84. The van der Waals surface area contributed by atoms with Crippen molar-refractivity contribution in [1.29, 1.82) is 0 Å². The fraction of sp³-hybridized carbons (Fsp3) is 0.154. The number of amides is 1. The third-order valence-corrected chi connectivity index (χ3v) is 2.60. The minimum Gasteiger partial charge on any atom is -0.465 e. The first-order valence-electron chi connectivity index (χ1n) is 5.59. The molecule has 19 heavy (non-hydrogen) atoms. The van der Waals surface area contributed by atoms with Crippen molar-refractivity contribution in [3.63, 3.8) is 0 Å². The average molecular weight is 259 g/mol. The largest absolute Gasteiger partial charge is 0.465 e. The highest BCUT2D eigenvalue weighted by Gasteiger charge is 2.11. The molecule has 0 saturated carbocycles. The van der Waals surface area contributed by atoms with E-state index in [2.05, 4.69) is 15.2 Å². The number of methoxy groups -OCH3 is 1. The van der Waals surface area contributed by atoms with Crippen LogP contribution in [0, 0.1) is 0 Å². The number of nitrogens with zero attached hydrogens (tertiary/aromatic N) is 2. The van der Waals surface area contributed by atoms with Crippen molar-refractivity contribution in [2.24, 2.45) is 7.05 Å². The normalized spacial score (nSPS) is 10.0. The molecule has 6 nitrogen and oxygen atoms in total. The number of hydrogen-bond donors (Lipinski definition) is 1. The molecule has 0 bridgehead atoms. The Bertz CT molecular complexity index is 619. The zero-order valence-electron chi connectivity index (χ0n) is 10.6.